The summed E-state index contributed by atoms with van der Waals surface area (Å²) in [7, 11) is 1.36. The van der Waals surface area contributed by atoms with Crippen LogP contribution >= 0.6 is 11.6 Å². The lowest BCUT2D eigenvalue weighted by molar-refractivity contribution is -0.924. The number of halogens is 1. The number of quaternary nitrogens is 1. The van der Waals surface area contributed by atoms with Gasteiger partial charge < -0.3 is 15.0 Å². The fraction of sp³-hybridized carbons (Fsp3) is 0.250. The molecule has 27 heavy (non-hydrogen) atoms. The normalized spacial score (nSPS) is 18.1. The predicted octanol–water partition coefficient (Wildman–Crippen LogP) is 1.33. The van der Waals surface area contributed by atoms with Gasteiger partial charge in [-0.05, 0) is 23.8 Å². The van der Waals surface area contributed by atoms with Gasteiger partial charge >= 0.3 is 5.97 Å². The molecule has 2 aromatic carbocycles. The molecule has 0 aromatic heterocycles. The van der Waals surface area contributed by atoms with Crippen molar-refractivity contribution in [3.8, 4) is 6.07 Å². The minimum atomic E-state index is -0.430. The number of benzene rings is 2. The number of ether oxygens (including phenoxy) is 1. The van der Waals surface area contributed by atoms with Crippen LogP contribution < -0.4 is 10.2 Å². The topological polar surface area (TPSA) is 83.6 Å². The van der Waals surface area contributed by atoms with Crippen molar-refractivity contribution in [3.63, 3.8) is 0 Å². The van der Waals surface area contributed by atoms with Crippen LogP contribution in [0, 0.1) is 11.3 Å². The molecule has 1 aliphatic rings. The van der Waals surface area contributed by atoms with Gasteiger partial charge in [-0.3, -0.25) is 4.79 Å². The molecule has 2 atom stereocenters. The van der Waals surface area contributed by atoms with Crippen LogP contribution in [0.5, 0.6) is 0 Å². The van der Waals surface area contributed by atoms with Crippen molar-refractivity contribution in [1.29, 1.82) is 5.26 Å². The second kappa shape index (κ2) is 8.21. The summed E-state index contributed by atoms with van der Waals surface area (Å²) >= 11 is 6.00. The molecule has 6 nitrogen and oxygen atoms in total. The van der Waals surface area contributed by atoms with Crippen molar-refractivity contribution in [3.05, 3.63) is 64.2 Å². The first kappa shape index (κ1) is 18.9. The molecule has 2 aromatic rings. The largest absolute Gasteiger partial charge is 0.465 e. The van der Waals surface area contributed by atoms with Crippen LogP contribution in [-0.2, 0) is 27.3 Å². The first-order valence-corrected chi connectivity index (χ1v) is 8.88. The van der Waals surface area contributed by atoms with Gasteiger partial charge in [-0.1, -0.05) is 35.9 Å². The highest BCUT2D eigenvalue weighted by Crippen LogP contribution is 2.20. The quantitative estimate of drug-likeness (QED) is 0.779. The Morgan fingerprint density at radius 3 is 2.70 bits per heavy atom. The Hall–Kier alpha value is -2.88. The molecule has 2 N–H and O–H groups in total. The van der Waals surface area contributed by atoms with Gasteiger partial charge in [0.2, 0.25) is 0 Å². The molecule has 1 amide bonds. The van der Waals surface area contributed by atoms with Crippen molar-refractivity contribution >= 4 is 29.2 Å². The molecule has 1 aliphatic heterocycles. The molecule has 0 aliphatic carbocycles. The minimum Gasteiger partial charge on any atom is -0.465 e. The fourth-order valence-corrected chi connectivity index (χ4v) is 3.56. The lowest BCUT2D eigenvalue weighted by Crippen LogP contribution is -3.17. The zero-order valence-electron chi connectivity index (χ0n) is 14.8. The Labute approximate surface area is 162 Å². The molecule has 0 saturated carbocycles. The zero-order valence-corrected chi connectivity index (χ0v) is 15.5. The number of esters is 1. The molecule has 0 radical (unpaired) electrons. The van der Waals surface area contributed by atoms with Crippen molar-refractivity contribution < 1.29 is 19.2 Å². The molecule has 7 heteroatoms. The van der Waals surface area contributed by atoms with Crippen molar-refractivity contribution in [2.75, 3.05) is 19.0 Å². The van der Waals surface area contributed by atoms with Crippen LogP contribution in [0.3, 0.4) is 0 Å². The van der Waals surface area contributed by atoms with Crippen LogP contribution in [0.15, 0.2) is 42.5 Å². The third kappa shape index (κ3) is 4.27. The Morgan fingerprint density at radius 1 is 1.30 bits per heavy atom. The van der Waals surface area contributed by atoms with Crippen molar-refractivity contribution in [1.82, 2.24) is 0 Å². The maximum Gasteiger partial charge on any atom is 0.365 e. The molecule has 0 fully saturated rings. The zero-order chi connectivity index (χ0) is 19.4. The number of carbonyl (C=O) groups excluding carboxylic acids is 2. The minimum absolute atomic E-state index is 0.117. The summed E-state index contributed by atoms with van der Waals surface area (Å²) < 4.78 is 4.94. The number of nitrogens with one attached hydrogen (secondary N) is 2. The summed E-state index contributed by atoms with van der Waals surface area (Å²) in [5, 5.41) is 12.0. The predicted molar refractivity (Wildman–Crippen MR) is 100 cm³/mol. The van der Waals surface area contributed by atoms with Crippen LogP contribution in [0.4, 0.5) is 5.69 Å². The highest BCUT2D eigenvalue weighted by molar-refractivity contribution is 6.32. The van der Waals surface area contributed by atoms with Gasteiger partial charge in [0.15, 0.2) is 12.6 Å². The van der Waals surface area contributed by atoms with Gasteiger partial charge in [0.25, 0.3) is 5.91 Å². The van der Waals surface area contributed by atoms with E-state index in [1.807, 2.05) is 30.3 Å². The maximum atomic E-state index is 12.5. The van der Waals surface area contributed by atoms with E-state index in [1.54, 1.807) is 12.1 Å². The number of carbonyl (C=O) groups is 2. The third-order valence-electron chi connectivity index (χ3n) is 4.70. The van der Waals surface area contributed by atoms with E-state index in [0.29, 0.717) is 24.2 Å². The van der Waals surface area contributed by atoms with Crippen LogP contribution in [0.25, 0.3) is 0 Å². The Bertz CT molecular complexity index is 923. The summed E-state index contributed by atoms with van der Waals surface area (Å²) in [5.74, 6) is -0.562. The second-order valence-electron chi connectivity index (χ2n) is 6.41. The van der Waals surface area contributed by atoms with Crippen molar-refractivity contribution in [2.24, 2.45) is 0 Å². The summed E-state index contributed by atoms with van der Waals surface area (Å²) in [4.78, 5) is 25.6. The monoisotopic (exact) mass is 384 g/mol. The van der Waals surface area contributed by atoms with E-state index in [4.69, 9.17) is 21.6 Å². The van der Waals surface area contributed by atoms with Gasteiger partial charge in [-0.15, -0.1) is 0 Å². The molecule has 0 spiro atoms. The number of rotatable bonds is 4. The SMILES string of the molecule is COC(=O)[C@@H]1Cc2ccccc2C[NH+]1CC(=O)Nc1ccc(C#N)c(Cl)c1. The van der Waals surface area contributed by atoms with Crippen molar-refractivity contribution in [2.45, 2.75) is 19.0 Å². The maximum absolute atomic E-state index is 12.5. The lowest BCUT2D eigenvalue weighted by Gasteiger charge is -2.31. The number of anilines is 1. The highest BCUT2D eigenvalue weighted by atomic mass is 35.5. The fourth-order valence-electron chi connectivity index (χ4n) is 3.33. The summed E-state index contributed by atoms with van der Waals surface area (Å²) in [6, 6.07) is 14.2. The lowest BCUT2D eigenvalue weighted by atomic mass is 9.94. The Kier molecular flexibility index (Phi) is 5.75. The second-order valence-corrected chi connectivity index (χ2v) is 6.82. The molecule has 0 saturated heterocycles. The summed E-state index contributed by atoms with van der Waals surface area (Å²) in [6.45, 7) is 0.684. The van der Waals surface area contributed by atoms with E-state index in [-0.39, 0.29) is 23.4 Å². The highest BCUT2D eigenvalue weighted by Gasteiger charge is 2.37. The molecular weight excluding hydrogens is 366 g/mol. The standard InChI is InChI=1S/C20H18ClN3O3/c1-27-20(26)18-8-13-4-2-3-5-15(13)11-24(18)12-19(25)23-16-7-6-14(10-22)17(21)9-16/h2-7,9,18H,8,11-12H2,1H3,(H,23,25)/p+1/t18-/m0/s1. The Balaban J connectivity index is 1.74. The molecule has 3 rings (SSSR count). The smallest absolute Gasteiger partial charge is 0.365 e. The van der Waals surface area contributed by atoms with Gasteiger partial charge in [0.1, 0.15) is 12.6 Å². The van der Waals surface area contributed by atoms with Gasteiger partial charge in [0.05, 0.1) is 17.7 Å². The molecule has 1 unspecified atom stereocenters. The third-order valence-corrected chi connectivity index (χ3v) is 5.01. The first-order valence-electron chi connectivity index (χ1n) is 8.50. The number of methoxy groups -OCH3 is 1. The van der Waals surface area contributed by atoms with Crippen LogP contribution in [0.1, 0.15) is 16.7 Å². The van der Waals surface area contributed by atoms with E-state index in [2.05, 4.69) is 5.32 Å². The molecule has 1 heterocycles. The number of nitriles is 1. The van der Waals surface area contributed by atoms with E-state index < -0.39 is 6.04 Å². The van der Waals surface area contributed by atoms with E-state index in [9.17, 15) is 9.59 Å². The van der Waals surface area contributed by atoms with E-state index >= 15 is 0 Å². The van der Waals surface area contributed by atoms with Crippen LogP contribution in [-0.4, -0.2) is 31.6 Å². The number of nitrogens with zero attached hydrogens (tertiary/aromatic N) is 1. The molecule has 0 bridgehead atoms. The summed E-state index contributed by atoms with van der Waals surface area (Å²) in [5.41, 5.74) is 3.09. The number of hydrogen-bond acceptors (Lipinski definition) is 4. The average molecular weight is 385 g/mol. The van der Waals surface area contributed by atoms with E-state index in [1.165, 1.54) is 13.2 Å². The number of fused-ring (bicyclic) bond motifs is 1. The molecule has 138 valence electrons. The Morgan fingerprint density at radius 2 is 2.04 bits per heavy atom. The first-order chi connectivity index (χ1) is 13.0. The number of hydrogen-bond donors (Lipinski definition) is 2. The van der Waals surface area contributed by atoms with E-state index in [0.717, 1.165) is 16.0 Å². The van der Waals surface area contributed by atoms with Gasteiger partial charge in [-0.2, -0.15) is 5.26 Å². The molecular formula is C20H19ClN3O3+. The van der Waals surface area contributed by atoms with Gasteiger partial charge in [0, 0.05) is 17.7 Å². The van der Waals surface area contributed by atoms with Crippen LogP contribution in [0.2, 0.25) is 5.02 Å². The summed E-state index contributed by atoms with van der Waals surface area (Å²) in [6.07, 6.45) is 0.536. The average Bonchev–Trinajstić information content (AvgIpc) is 2.67. The van der Waals surface area contributed by atoms with Gasteiger partial charge in [-0.25, -0.2) is 4.79 Å². The number of amides is 1.